The van der Waals surface area contributed by atoms with Gasteiger partial charge in [0.05, 0.1) is 34.8 Å². The molecule has 3 aromatic rings. The third-order valence-corrected chi connectivity index (χ3v) is 9.95. The van der Waals surface area contributed by atoms with Crippen LogP contribution in [-0.2, 0) is 26.2 Å². The molecular formula is C33H41Cl2N3O6S. The molecule has 3 rings (SSSR count). The number of benzene rings is 3. The van der Waals surface area contributed by atoms with Crippen LogP contribution < -0.4 is 19.1 Å². The number of rotatable bonds is 14. The van der Waals surface area contributed by atoms with E-state index in [4.69, 9.17) is 32.7 Å². The van der Waals surface area contributed by atoms with Crippen molar-refractivity contribution in [2.24, 2.45) is 0 Å². The SMILES string of the molecule is CC[C@@H](C)NC(=O)[C@@H](CC)N(Cc1ccc(Cl)c(Cl)c1)C(=O)CN(c1cc(C)cc(C)c1)S(=O)(=O)c1ccc(OC)c(OC)c1. The van der Waals surface area contributed by atoms with Gasteiger partial charge in [0.15, 0.2) is 11.5 Å². The van der Waals surface area contributed by atoms with E-state index in [0.717, 1.165) is 15.4 Å². The van der Waals surface area contributed by atoms with Crippen LogP contribution >= 0.6 is 23.2 Å². The van der Waals surface area contributed by atoms with Crippen molar-refractivity contribution in [1.82, 2.24) is 10.2 Å². The summed E-state index contributed by atoms with van der Waals surface area (Å²) < 4.78 is 40.4. The summed E-state index contributed by atoms with van der Waals surface area (Å²) in [5, 5.41) is 3.61. The quantitative estimate of drug-likeness (QED) is 0.208. The monoisotopic (exact) mass is 677 g/mol. The fraction of sp³-hybridized carbons (Fsp3) is 0.394. The normalized spacial score (nSPS) is 12.6. The summed E-state index contributed by atoms with van der Waals surface area (Å²) in [4.78, 5) is 29.1. The summed E-state index contributed by atoms with van der Waals surface area (Å²) in [7, 11) is -1.46. The molecule has 12 heteroatoms. The highest BCUT2D eigenvalue weighted by Gasteiger charge is 2.34. The van der Waals surface area contributed by atoms with Crippen molar-refractivity contribution in [3.8, 4) is 11.5 Å². The third kappa shape index (κ3) is 8.83. The largest absolute Gasteiger partial charge is 0.493 e. The van der Waals surface area contributed by atoms with Crippen molar-refractivity contribution in [1.29, 1.82) is 0 Å². The molecule has 0 radical (unpaired) electrons. The Hall–Kier alpha value is -3.47. The fourth-order valence-electron chi connectivity index (χ4n) is 4.92. The molecule has 0 aromatic heterocycles. The maximum Gasteiger partial charge on any atom is 0.264 e. The second kappa shape index (κ2) is 15.7. The number of amides is 2. The summed E-state index contributed by atoms with van der Waals surface area (Å²) >= 11 is 12.4. The van der Waals surface area contributed by atoms with Crippen LogP contribution in [-0.4, -0.2) is 58.0 Å². The van der Waals surface area contributed by atoms with E-state index in [2.05, 4.69) is 5.32 Å². The first-order chi connectivity index (χ1) is 21.2. The molecule has 45 heavy (non-hydrogen) atoms. The average Bonchev–Trinajstić information content (AvgIpc) is 3.00. The van der Waals surface area contributed by atoms with Gasteiger partial charge in [-0.15, -0.1) is 0 Å². The first kappa shape index (κ1) is 36.0. The van der Waals surface area contributed by atoms with Gasteiger partial charge in [-0.25, -0.2) is 8.42 Å². The Morgan fingerprint density at radius 1 is 0.867 bits per heavy atom. The molecule has 0 aliphatic heterocycles. The molecule has 0 unspecified atom stereocenters. The highest BCUT2D eigenvalue weighted by Crippen LogP contribution is 2.33. The van der Waals surface area contributed by atoms with Gasteiger partial charge in [-0.05, 0) is 86.7 Å². The molecular weight excluding hydrogens is 637 g/mol. The number of carbonyl (C=O) groups excluding carboxylic acids is 2. The molecule has 2 atom stereocenters. The molecule has 0 bridgehead atoms. The van der Waals surface area contributed by atoms with Crippen molar-refractivity contribution in [3.05, 3.63) is 81.3 Å². The van der Waals surface area contributed by atoms with E-state index in [1.54, 1.807) is 37.3 Å². The molecule has 0 saturated carbocycles. The Balaban J connectivity index is 2.15. The van der Waals surface area contributed by atoms with Gasteiger partial charge in [-0.1, -0.05) is 49.2 Å². The highest BCUT2D eigenvalue weighted by molar-refractivity contribution is 7.92. The predicted octanol–water partition coefficient (Wildman–Crippen LogP) is 6.54. The zero-order valence-corrected chi connectivity index (χ0v) is 29.0. The minimum Gasteiger partial charge on any atom is -0.493 e. The highest BCUT2D eigenvalue weighted by atomic mass is 35.5. The van der Waals surface area contributed by atoms with Crippen LogP contribution in [0.2, 0.25) is 10.0 Å². The Morgan fingerprint density at radius 2 is 1.51 bits per heavy atom. The van der Waals surface area contributed by atoms with Crippen molar-refractivity contribution in [2.45, 2.75) is 71.0 Å². The van der Waals surface area contributed by atoms with E-state index >= 15 is 0 Å². The van der Waals surface area contributed by atoms with E-state index in [-0.39, 0.29) is 29.1 Å². The van der Waals surface area contributed by atoms with Crippen molar-refractivity contribution in [3.63, 3.8) is 0 Å². The minimum atomic E-state index is -4.32. The van der Waals surface area contributed by atoms with E-state index < -0.39 is 28.5 Å². The van der Waals surface area contributed by atoms with Gasteiger partial charge < -0.3 is 19.7 Å². The zero-order valence-electron chi connectivity index (χ0n) is 26.7. The summed E-state index contributed by atoms with van der Waals surface area (Å²) in [6.07, 6.45) is 0.994. The van der Waals surface area contributed by atoms with Crippen molar-refractivity contribution < 1.29 is 27.5 Å². The number of hydrogen-bond acceptors (Lipinski definition) is 6. The number of methoxy groups -OCH3 is 2. The molecule has 0 heterocycles. The number of ether oxygens (including phenoxy) is 2. The predicted molar refractivity (Wildman–Crippen MR) is 179 cm³/mol. The summed E-state index contributed by atoms with van der Waals surface area (Å²) in [5.74, 6) is -0.327. The topological polar surface area (TPSA) is 105 Å². The first-order valence-electron chi connectivity index (χ1n) is 14.6. The van der Waals surface area contributed by atoms with Crippen LogP contribution in [0, 0.1) is 13.8 Å². The smallest absolute Gasteiger partial charge is 0.264 e. The van der Waals surface area contributed by atoms with Gasteiger partial charge in [0, 0.05) is 18.7 Å². The number of nitrogens with zero attached hydrogens (tertiary/aromatic N) is 2. The first-order valence-corrected chi connectivity index (χ1v) is 16.8. The molecule has 0 aliphatic carbocycles. The molecule has 2 amide bonds. The number of sulfonamides is 1. The maximum absolute atomic E-state index is 14.4. The molecule has 3 aromatic carbocycles. The molecule has 0 saturated heterocycles. The average molecular weight is 679 g/mol. The second-order valence-corrected chi connectivity index (χ2v) is 13.6. The third-order valence-electron chi connectivity index (χ3n) is 7.44. The number of hydrogen-bond donors (Lipinski definition) is 1. The van der Waals surface area contributed by atoms with Gasteiger partial charge in [0.25, 0.3) is 10.0 Å². The van der Waals surface area contributed by atoms with Crippen LogP contribution in [0.4, 0.5) is 5.69 Å². The maximum atomic E-state index is 14.4. The summed E-state index contributed by atoms with van der Waals surface area (Å²) in [5.41, 5.74) is 2.57. The van der Waals surface area contributed by atoms with Gasteiger partial charge >= 0.3 is 0 Å². The number of nitrogens with one attached hydrogen (secondary N) is 1. The van der Waals surface area contributed by atoms with Gasteiger partial charge in [0.2, 0.25) is 11.8 Å². The van der Waals surface area contributed by atoms with Crippen molar-refractivity contribution in [2.75, 3.05) is 25.1 Å². The molecule has 9 nitrogen and oxygen atoms in total. The van der Waals surface area contributed by atoms with E-state index in [1.807, 2.05) is 33.8 Å². The van der Waals surface area contributed by atoms with Crippen LogP contribution in [0.1, 0.15) is 50.3 Å². The van der Waals surface area contributed by atoms with Crippen LogP contribution in [0.25, 0.3) is 0 Å². The van der Waals surface area contributed by atoms with Gasteiger partial charge in [-0.3, -0.25) is 13.9 Å². The van der Waals surface area contributed by atoms with Crippen molar-refractivity contribution >= 4 is 50.7 Å². The number of halogens is 2. The minimum absolute atomic E-state index is 0.000748. The van der Waals surface area contributed by atoms with E-state index in [1.165, 1.54) is 37.3 Å². The molecule has 0 spiro atoms. The van der Waals surface area contributed by atoms with Gasteiger partial charge in [-0.2, -0.15) is 0 Å². The molecule has 0 aliphatic rings. The lowest BCUT2D eigenvalue weighted by atomic mass is 10.1. The van der Waals surface area contributed by atoms with Crippen LogP contribution in [0.5, 0.6) is 11.5 Å². The molecule has 0 fully saturated rings. The second-order valence-electron chi connectivity index (χ2n) is 10.9. The Bertz CT molecular complexity index is 1610. The summed E-state index contributed by atoms with van der Waals surface area (Å²) in [6.45, 7) is 8.76. The van der Waals surface area contributed by atoms with E-state index in [0.29, 0.717) is 39.9 Å². The van der Waals surface area contributed by atoms with E-state index in [9.17, 15) is 18.0 Å². The number of anilines is 1. The molecule has 1 N–H and O–H groups in total. The Kier molecular flexibility index (Phi) is 12.6. The summed E-state index contributed by atoms with van der Waals surface area (Å²) in [6, 6.07) is 13.5. The Morgan fingerprint density at radius 3 is 2.07 bits per heavy atom. The zero-order chi connectivity index (χ0) is 33.5. The lowest BCUT2D eigenvalue weighted by Gasteiger charge is -2.34. The fourth-order valence-corrected chi connectivity index (χ4v) is 6.66. The number of aryl methyl sites for hydroxylation is 2. The van der Waals surface area contributed by atoms with Crippen LogP contribution in [0.3, 0.4) is 0 Å². The Labute approximate surface area is 276 Å². The standard InChI is InChI=1S/C33H41Cl2N3O6S/c1-8-23(5)36-33(40)29(9-2)37(19-24-10-12-27(34)28(35)17-24)32(39)20-38(25-15-21(3)14-22(4)16-25)45(41,42)26-11-13-30(43-6)31(18-26)44-7/h10-18,23,29H,8-9,19-20H2,1-7H3,(H,36,40)/t23-,29-/m1/s1. The van der Waals surface area contributed by atoms with Gasteiger partial charge in [0.1, 0.15) is 12.6 Å². The molecule has 244 valence electrons. The number of carbonyl (C=O) groups is 2. The lowest BCUT2D eigenvalue weighted by molar-refractivity contribution is -0.140. The van der Waals surface area contributed by atoms with Crippen LogP contribution in [0.15, 0.2) is 59.5 Å². The lowest BCUT2D eigenvalue weighted by Crippen LogP contribution is -2.53.